The Hall–Kier alpha value is -2.01. The van der Waals surface area contributed by atoms with Gasteiger partial charge >= 0.3 is 6.03 Å². The fraction of sp³-hybridized carbons (Fsp3) is 0.400. The van der Waals surface area contributed by atoms with E-state index in [1.165, 1.54) is 5.56 Å². The Labute approximate surface area is 154 Å². The van der Waals surface area contributed by atoms with Gasteiger partial charge in [-0.2, -0.15) is 0 Å². The van der Waals surface area contributed by atoms with E-state index in [4.69, 9.17) is 0 Å². The van der Waals surface area contributed by atoms with Crippen molar-refractivity contribution in [2.75, 3.05) is 25.4 Å². The molecule has 1 saturated heterocycles. The Balaban J connectivity index is 1.33. The topological polar surface area (TPSA) is 45.2 Å². The lowest BCUT2D eigenvalue weighted by Crippen LogP contribution is -2.45. The predicted molar refractivity (Wildman–Crippen MR) is 103 cm³/mol. The van der Waals surface area contributed by atoms with Gasteiger partial charge in [0, 0.05) is 31.6 Å². The monoisotopic (exact) mass is 355 g/mol. The third-order valence-electron chi connectivity index (χ3n) is 4.54. The van der Waals surface area contributed by atoms with E-state index in [9.17, 15) is 4.79 Å². The van der Waals surface area contributed by atoms with E-state index < -0.39 is 0 Å². The third-order valence-corrected chi connectivity index (χ3v) is 5.71. The Morgan fingerprint density at radius 2 is 1.88 bits per heavy atom. The summed E-state index contributed by atoms with van der Waals surface area (Å²) < 4.78 is 0. The zero-order valence-corrected chi connectivity index (χ0v) is 15.3. The lowest BCUT2D eigenvalue weighted by atomic mass is 9.99. The molecule has 1 aliphatic heterocycles. The second-order valence-corrected chi connectivity index (χ2v) is 7.42. The van der Waals surface area contributed by atoms with Crippen LogP contribution in [-0.2, 0) is 6.42 Å². The van der Waals surface area contributed by atoms with Gasteiger partial charge < -0.3 is 10.2 Å². The van der Waals surface area contributed by atoms with Crippen molar-refractivity contribution in [3.63, 3.8) is 0 Å². The van der Waals surface area contributed by atoms with Crippen molar-refractivity contribution in [3.05, 3.63) is 60.3 Å². The first-order chi connectivity index (χ1) is 12.3. The summed E-state index contributed by atoms with van der Waals surface area (Å²) in [5.41, 5.74) is 1.26. The van der Waals surface area contributed by atoms with E-state index in [0.29, 0.717) is 12.5 Å². The number of hydrogen-bond donors (Lipinski definition) is 1. The van der Waals surface area contributed by atoms with Crippen LogP contribution in [0.1, 0.15) is 18.4 Å². The number of likely N-dealkylation sites (tertiary alicyclic amines) is 1. The van der Waals surface area contributed by atoms with Gasteiger partial charge in [-0.3, -0.25) is 0 Å². The second kappa shape index (κ2) is 9.47. The first-order valence-corrected chi connectivity index (χ1v) is 9.90. The fourth-order valence-corrected chi connectivity index (χ4v) is 4.06. The molecule has 25 heavy (non-hydrogen) atoms. The number of nitrogens with zero attached hydrogens (tertiary/aromatic N) is 2. The standard InChI is InChI=1S/C20H25N3OS/c24-20(22-13-9-17-6-2-1-3-7-17)23-14-10-18(11-15-23)16-25-19-8-4-5-12-21-19/h1-8,12,18H,9-11,13-16H2,(H,22,24). The lowest BCUT2D eigenvalue weighted by molar-refractivity contribution is 0.175. The number of aromatic nitrogens is 1. The molecular formula is C20H25N3OS. The maximum atomic E-state index is 12.3. The van der Waals surface area contributed by atoms with Crippen LogP contribution in [0.4, 0.5) is 4.79 Å². The number of benzene rings is 1. The van der Waals surface area contributed by atoms with Crippen LogP contribution in [0.2, 0.25) is 0 Å². The van der Waals surface area contributed by atoms with Gasteiger partial charge in [0.15, 0.2) is 0 Å². The largest absolute Gasteiger partial charge is 0.338 e. The molecule has 2 amide bonds. The number of urea groups is 1. The van der Waals surface area contributed by atoms with E-state index >= 15 is 0 Å². The first-order valence-electron chi connectivity index (χ1n) is 8.92. The molecule has 1 aliphatic rings. The maximum Gasteiger partial charge on any atom is 0.317 e. The van der Waals surface area contributed by atoms with Gasteiger partial charge in [-0.1, -0.05) is 36.4 Å². The third kappa shape index (κ3) is 5.78. The van der Waals surface area contributed by atoms with Crippen molar-refractivity contribution < 1.29 is 4.79 Å². The van der Waals surface area contributed by atoms with Gasteiger partial charge in [-0.05, 0) is 42.9 Å². The highest BCUT2D eigenvalue weighted by molar-refractivity contribution is 7.99. The van der Waals surface area contributed by atoms with Crippen molar-refractivity contribution in [2.24, 2.45) is 5.92 Å². The van der Waals surface area contributed by atoms with Crippen LogP contribution < -0.4 is 5.32 Å². The Morgan fingerprint density at radius 3 is 2.60 bits per heavy atom. The van der Waals surface area contributed by atoms with Crippen LogP contribution >= 0.6 is 11.8 Å². The molecule has 0 aliphatic carbocycles. The number of pyridine rings is 1. The predicted octanol–water partition coefficient (Wildman–Crippen LogP) is 3.84. The molecule has 0 bridgehead atoms. The molecule has 3 rings (SSSR count). The number of thioether (sulfide) groups is 1. The van der Waals surface area contributed by atoms with Crippen molar-refractivity contribution in [2.45, 2.75) is 24.3 Å². The number of rotatable bonds is 6. The minimum absolute atomic E-state index is 0.0757. The highest BCUT2D eigenvalue weighted by Gasteiger charge is 2.22. The molecule has 0 atom stereocenters. The Bertz CT molecular complexity index is 643. The lowest BCUT2D eigenvalue weighted by Gasteiger charge is -2.31. The highest BCUT2D eigenvalue weighted by Crippen LogP contribution is 2.25. The second-order valence-electron chi connectivity index (χ2n) is 6.38. The number of piperidine rings is 1. The molecule has 2 aromatic rings. The molecule has 132 valence electrons. The number of amides is 2. The van der Waals surface area contributed by atoms with Crippen molar-refractivity contribution >= 4 is 17.8 Å². The van der Waals surface area contributed by atoms with Crippen LogP contribution in [-0.4, -0.2) is 41.3 Å². The molecule has 0 radical (unpaired) electrons. The minimum atomic E-state index is 0.0757. The molecule has 1 aromatic heterocycles. The smallest absolute Gasteiger partial charge is 0.317 e. The molecule has 1 N–H and O–H groups in total. The van der Waals surface area contributed by atoms with E-state index in [-0.39, 0.29) is 6.03 Å². The van der Waals surface area contributed by atoms with Gasteiger partial charge in [0.2, 0.25) is 0 Å². The van der Waals surface area contributed by atoms with Gasteiger partial charge in [0.05, 0.1) is 5.03 Å². The van der Waals surface area contributed by atoms with E-state index in [1.807, 2.05) is 53.2 Å². The SMILES string of the molecule is O=C(NCCc1ccccc1)N1CCC(CSc2ccccn2)CC1. The van der Waals surface area contributed by atoms with Gasteiger partial charge in [-0.15, -0.1) is 11.8 Å². The zero-order chi connectivity index (χ0) is 17.3. The summed E-state index contributed by atoms with van der Waals surface area (Å²) >= 11 is 1.82. The normalized spacial score (nSPS) is 15.1. The quantitative estimate of drug-likeness (QED) is 0.801. The van der Waals surface area contributed by atoms with Crippen LogP contribution in [0.25, 0.3) is 0 Å². The Morgan fingerprint density at radius 1 is 1.12 bits per heavy atom. The van der Waals surface area contributed by atoms with Crippen LogP contribution in [0.15, 0.2) is 59.8 Å². The summed E-state index contributed by atoms with van der Waals surface area (Å²) in [4.78, 5) is 18.6. The van der Waals surface area contributed by atoms with Gasteiger partial charge in [0.1, 0.15) is 0 Å². The molecule has 0 spiro atoms. The zero-order valence-electron chi connectivity index (χ0n) is 14.4. The molecule has 4 nitrogen and oxygen atoms in total. The molecule has 2 heterocycles. The molecule has 5 heteroatoms. The summed E-state index contributed by atoms with van der Waals surface area (Å²) in [7, 11) is 0. The van der Waals surface area contributed by atoms with Crippen molar-refractivity contribution in [1.29, 1.82) is 0 Å². The molecule has 1 fully saturated rings. The molecule has 0 saturated carbocycles. The maximum absolute atomic E-state index is 12.3. The van der Waals surface area contributed by atoms with Crippen LogP contribution in [0.3, 0.4) is 0 Å². The molecule has 1 aromatic carbocycles. The fourth-order valence-electron chi connectivity index (χ4n) is 3.01. The van der Waals surface area contributed by atoms with Gasteiger partial charge in [0.25, 0.3) is 0 Å². The highest BCUT2D eigenvalue weighted by atomic mass is 32.2. The van der Waals surface area contributed by atoms with E-state index in [2.05, 4.69) is 28.5 Å². The van der Waals surface area contributed by atoms with E-state index in [0.717, 1.165) is 43.1 Å². The average molecular weight is 356 g/mol. The molecule has 0 unspecified atom stereocenters. The van der Waals surface area contributed by atoms with Crippen molar-refractivity contribution in [1.82, 2.24) is 15.2 Å². The number of nitrogens with one attached hydrogen (secondary N) is 1. The van der Waals surface area contributed by atoms with Crippen molar-refractivity contribution in [3.8, 4) is 0 Å². The molecular weight excluding hydrogens is 330 g/mol. The van der Waals surface area contributed by atoms with E-state index in [1.54, 1.807) is 0 Å². The minimum Gasteiger partial charge on any atom is -0.338 e. The van der Waals surface area contributed by atoms with Crippen LogP contribution in [0.5, 0.6) is 0 Å². The number of hydrogen-bond acceptors (Lipinski definition) is 3. The number of carbonyl (C=O) groups is 1. The number of carbonyl (C=O) groups excluding carboxylic acids is 1. The summed E-state index contributed by atoms with van der Waals surface area (Å²) in [6, 6.07) is 16.4. The average Bonchev–Trinajstić information content (AvgIpc) is 2.68. The Kier molecular flexibility index (Phi) is 6.74. The van der Waals surface area contributed by atoms with Crippen LogP contribution in [0, 0.1) is 5.92 Å². The summed E-state index contributed by atoms with van der Waals surface area (Å²) in [6.07, 6.45) is 4.87. The summed E-state index contributed by atoms with van der Waals surface area (Å²) in [5, 5.41) is 4.13. The summed E-state index contributed by atoms with van der Waals surface area (Å²) in [5.74, 6) is 1.75. The van der Waals surface area contributed by atoms with Gasteiger partial charge in [-0.25, -0.2) is 9.78 Å². The first kappa shape index (κ1) is 17.8. The summed E-state index contributed by atoms with van der Waals surface area (Å²) in [6.45, 7) is 2.40.